The largest absolute Gasteiger partial charge is 0.464 e. The second kappa shape index (κ2) is 4.29. The minimum absolute atomic E-state index is 0.0107. The monoisotopic (exact) mass is 222 g/mol. The van der Waals surface area contributed by atoms with Crippen molar-refractivity contribution < 1.29 is 9.21 Å². The van der Waals surface area contributed by atoms with Crippen molar-refractivity contribution in [2.45, 2.75) is 45.3 Å². The highest BCUT2D eigenvalue weighted by atomic mass is 16.3. The second-order valence-electron chi connectivity index (χ2n) is 4.50. The Balaban J connectivity index is 2.06. The normalized spacial score (nSPS) is 17.2. The van der Waals surface area contributed by atoms with Crippen LogP contribution in [-0.4, -0.2) is 22.9 Å². The van der Waals surface area contributed by atoms with Crippen LogP contribution in [0.15, 0.2) is 16.5 Å². The van der Waals surface area contributed by atoms with Gasteiger partial charge in [0.1, 0.15) is 11.5 Å². The van der Waals surface area contributed by atoms with Gasteiger partial charge in [0, 0.05) is 6.04 Å². The van der Waals surface area contributed by atoms with E-state index in [9.17, 15) is 4.79 Å². The molecule has 1 heterocycles. The van der Waals surface area contributed by atoms with Crippen LogP contribution in [0.3, 0.4) is 0 Å². The fourth-order valence-electron chi connectivity index (χ4n) is 1.77. The minimum Gasteiger partial charge on any atom is -0.464 e. The first-order valence-electron chi connectivity index (χ1n) is 5.69. The van der Waals surface area contributed by atoms with E-state index in [-0.39, 0.29) is 5.91 Å². The maximum atomic E-state index is 11.9. The molecule has 1 saturated carbocycles. The highest BCUT2D eigenvalue weighted by molar-refractivity contribution is 5.81. The van der Waals surface area contributed by atoms with Crippen LogP contribution in [0.1, 0.15) is 31.3 Å². The van der Waals surface area contributed by atoms with Crippen LogP contribution in [-0.2, 0) is 11.3 Å². The van der Waals surface area contributed by atoms with Crippen molar-refractivity contribution >= 4 is 5.91 Å². The zero-order chi connectivity index (χ0) is 11.7. The summed E-state index contributed by atoms with van der Waals surface area (Å²) in [7, 11) is 0. The molecule has 1 aromatic rings. The van der Waals surface area contributed by atoms with Gasteiger partial charge in [-0.1, -0.05) is 0 Å². The first-order valence-corrected chi connectivity index (χ1v) is 5.69. The summed E-state index contributed by atoms with van der Waals surface area (Å²) < 4.78 is 5.49. The zero-order valence-corrected chi connectivity index (χ0v) is 9.77. The molecule has 4 heteroatoms. The lowest BCUT2D eigenvalue weighted by molar-refractivity contribution is -0.133. The molecule has 2 rings (SSSR count). The molecule has 1 fully saturated rings. The predicted octanol–water partition coefficient (Wildman–Crippen LogP) is 1.43. The highest BCUT2D eigenvalue weighted by Crippen LogP contribution is 2.29. The van der Waals surface area contributed by atoms with Crippen molar-refractivity contribution in [3.63, 3.8) is 0 Å². The summed E-state index contributed by atoms with van der Waals surface area (Å²) in [6.45, 7) is 4.17. The molecule has 0 aliphatic heterocycles. The molecule has 0 saturated heterocycles. The van der Waals surface area contributed by atoms with Gasteiger partial charge in [0.15, 0.2) is 0 Å². The number of hydrogen-bond donors (Lipinski definition) is 1. The molecule has 0 radical (unpaired) electrons. The van der Waals surface area contributed by atoms with E-state index < -0.39 is 6.04 Å². The molecule has 0 unspecified atom stereocenters. The molecule has 16 heavy (non-hydrogen) atoms. The molecule has 1 aliphatic carbocycles. The van der Waals surface area contributed by atoms with E-state index >= 15 is 0 Å². The number of nitrogens with two attached hydrogens (primary N) is 1. The van der Waals surface area contributed by atoms with Gasteiger partial charge >= 0.3 is 0 Å². The minimum atomic E-state index is -0.434. The predicted molar refractivity (Wildman–Crippen MR) is 60.7 cm³/mol. The summed E-state index contributed by atoms with van der Waals surface area (Å²) in [5.74, 6) is 1.72. The Labute approximate surface area is 95.4 Å². The number of carbonyl (C=O) groups excluding carboxylic acids is 1. The first kappa shape index (κ1) is 11.2. The van der Waals surface area contributed by atoms with Crippen LogP contribution in [0.2, 0.25) is 0 Å². The molecule has 0 aromatic carbocycles. The average Bonchev–Trinajstić information content (AvgIpc) is 2.98. The average molecular weight is 222 g/mol. The molecular weight excluding hydrogens is 204 g/mol. The third kappa shape index (κ3) is 2.44. The molecule has 0 bridgehead atoms. The number of hydrogen-bond acceptors (Lipinski definition) is 3. The summed E-state index contributed by atoms with van der Waals surface area (Å²) in [5.41, 5.74) is 5.64. The molecule has 1 amide bonds. The van der Waals surface area contributed by atoms with E-state index in [4.69, 9.17) is 10.2 Å². The molecule has 4 nitrogen and oxygen atoms in total. The van der Waals surface area contributed by atoms with E-state index in [1.807, 2.05) is 24.0 Å². The Morgan fingerprint density at radius 3 is 2.75 bits per heavy atom. The maximum absolute atomic E-state index is 11.9. The molecular formula is C12H18N2O2. The highest BCUT2D eigenvalue weighted by Gasteiger charge is 2.34. The summed E-state index contributed by atoms with van der Waals surface area (Å²) in [6.07, 6.45) is 2.16. The van der Waals surface area contributed by atoms with Crippen molar-refractivity contribution in [3.8, 4) is 0 Å². The van der Waals surface area contributed by atoms with Gasteiger partial charge in [-0.25, -0.2) is 0 Å². The quantitative estimate of drug-likeness (QED) is 0.838. The lowest BCUT2D eigenvalue weighted by Crippen LogP contribution is -2.42. The Kier molecular flexibility index (Phi) is 3.01. The molecule has 1 atom stereocenters. The molecule has 88 valence electrons. The summed E-state index contributed by atoms with van der Waals surface area (Å²) in [4.78, 5) is 13.7. The maximum Gasteiger partial charge on any atom is 0.239 e. The van der Waals surface area contributed by atoms with Crippen molar-refractivity contribution in [2.24, 2.45) is 5.73 Å². The van der Waals surface area contributed by atoms with Gasteiger partial charge in [0.25, 0.3) is 0 Å². The van der Waals surface area contributed by atoms with Crippen molar-refractivity contribution in [2.75, 3.05) is 0 Å². The number of aryl methyl sites for hydroxylation is 1. The number of nitrogens with zero attached hydrogens (tertiary/aromatic N) is 1. The number of carbonyl (C=O) groups is 1. The Morgan fingerprint density at radius 1 is 1.62 bits per heavy atom. The van der Waals surface area contributed by atoms with Crippen LogP contribution in [0, 0.1) is 6.92 Å². The second-order valence-corrected chi connectivity index (χ2v) is 4.50. The van der Waals surface area contributed by atoms with Gasteiger partial charge in [-0.05, 0) is 38.8 Å². The van der Waals surface area contributed by atoms with Gasteiger partial charge in [-0.2, -0.15) is 0 Å². The van der Waals surface area contributed by atoms with Crippen LogP contribution >= 0.6 is 0 Å². The third-order valence-electron chi connectivity index (χ3n) is 2.78. The topological polar surface area (TPSA) is 59.5 Å². The van der Waals surface area contributed by atoms with Crippen molar-refractivity contribution in [1.29, 1.82) is 0 Å². The smallest absolute Gasteiger partial charge is 0.239 e. The number of furan rings is 1. The van der Waals surface area contributed by atoms with Crippen molar-refractivity contribution in [1.82, 2.24) is 4.90 Å². The fourth-order valence-corrected chi connectivity index (χ4v) is 1.77. The van der Waals surface area contributed by atoms with E-state index in [0.717, 1.165) is 24.4 Å². The van der Waals surface area contributed by atoms with E-state index in [2.05, 4.69) is 0 Å². The lowest BCUT2D eigenvalue weighted by atomic mass is 10.2. The van der Waals surface area contributed by atoms with Gasteiger partial charge in [0.05, 0.1) is 12.6 Å². The number of rotatable bonds is 4. The van der Waals surface area contributed by atoms with Gasteiger partial charge in [-0.3, -0.25) is 4.79 Å². The van der Waals surface area contributed by atoms with Crippen LogP contribution < -0.4 is 5.73 Å². The van der Waals surface area contributed by atoms with Crippen LogP contribution in [0.5, 0.6) is 0 Å². The Hall–Kier alpha value is -1.29. The Bertz CT molecular complexity index is 380. The van der Waals surface area contributed by atoms with E-state index in [1.54, 1.807) is 6.92 Å². The zero-order valence-electron chi connectivity index (χ0n) is 9.77. The standard InChI is InChI=1S/C12H18N2O2/c1-8-3-6-11(16-8)7-14(10-4-5-10)12(15)9(2)13/h3,6,9-10H,4-5,7,13H2,1-2H3/t9-/m0/s1. The molecule has 2 N–H and O–H groups in total. The van der Waals surface area contributed by atoms with Gasteiger partial charge in [-0.15, -0.1) is 0 Å². The molecule has 1 aliphatic rings. The Morgan fingerprint density at radius 2 is 2.31 bits per heavy atom. The fraction of sp³-hybridized carbons (Fsp3) is 0.583. The first-order chi connectivity index (χ1) is 7.58. The van der Waals surface area contributed by atoms with Crippen LogP contribution in [0.25, 0.3) is 0 Å². The summed E-state index contributed by atoms with van der Waals surface area (Å²) in [6, 6.07) is 3.76. The number of amides is 1. The van der Waals surface area contributed by atoms with Gasteiger partial charge in [0.2, 0.25) is 5.91 Å². The molecule has 0 spiro atoms. The van der Waals surface area contributed by atoms with E-state index in [0.29, 0.717) is 12.6 Å². The lowest BCUT2D eigenvalue weighted by Gasteiger charge is -2.23. The SMILES string of the molecule is Cc1ccc(CN(C(=O)[C@H](C)N)C2CC2)o1. The van der Waals surface area contributed by atoms with Gasteiger partial charge < -0.3 is 15.1 Å². The summed E-state index contributed by atoms with van der Waals surface area (Å²) in [5, 5.41) is 0. The summed E-state index contributed by atoms with van der Waals surface area (Å²) >= 11 is 0. The third-order valence-corrected chi connectivity index (χ3v) is 2.78. The molecule has 1 aromatic heterocycles. The van der Waals surface area contributed by atoms with Crippen molar-refractivity contribution in [3.05, 3.63) is 23.7 Å². The van der Waals surface area contributed by atoms with Crippen LogP contribution in [0.4, 0.5) is 0 Å². The van der Waals surface area contributed by atoms with E-state index in [1.165, 1.54) is 0 Å².